The third-order valence-corrected chi connectivity index (χ3v) is 5.35. The fourth-order valence-electron chi connectivity index (χ4n) is 3.61. The summed E-state index contributed by atoms with van der Waals surface area (Å²) in [5, 5.41) is 19.0. The Morgan fingerprint density at radius 3 is 1.81 bits per heavy atom. The highest BCUT2D eigenvalue weighted by atomic mass is 16.6. The maximum atomic E-state index is 12.9. The molecule has 3 heterocycles. The average Bonchev–Trinajstić information content (AvgIpc) is 3.48. The van der Waals surface area contributed by atoms with Crippen LogP contribution in [-0.2, 0) is 21.1 Å². The molecule has 15 nitrogen and oxygen atoms in total. The van der Waals surface area contributed by atoms with Crippen molar-refractivity contribution in [3.8, 4) is 0 Å². The number of anilines is 2. The van der Waals surface area contributed by atoms with Crippen molar-refractivity contribution in [1.29, 1.82) is 0 Å². The van der Waals surface area contributed by atoms with Gasteiger partial charge in [0, 0.05) is 46.1 Å². The molecule has 3 aromatic heterocycles. The van der Waals surface area contributed by atoms with E-state index in [-0.39, 0.29) is 41.5 Å². The first-order valence-corrected chi connectivity index (χ1v) is 11.0. The van der Waals surface area contributed by atoms with Gasteiger partial charge < -0.3 is 41.1 Å². The number of hydrogen-bond donors (Lipinski definition) is 5. The van der Waals surface area contributed by atoms with Crippen molar-refractivity contribution in [1.82, 2.24) is 19.0 Å². The number of rotatable bonds is 9. The Morgan fingerprint density at radius 1 is 0.892 bits per heavy atom. The number of nitro groups is 1. The molecule has 0 saturated heterocycles. The molecule has 0 aliphatic rings. The van der Waals surface area contributed by atoms with Gasteiger partial charge in [-0.1, -0.05) is 0 Å². The molecular formula is C22H28N10O5. The number of aromatic nitrogens is 3. The third kappa shape index (κ3) is 6.33. The Morgan fingerprint density at radius 2 is 1.35 bits per heavy atom. The lowest BCUT2D eigenvalue weighted by Crippen LogP contribution is -2.33. The second kappa shape index (κ2) is 10.7. The largest absolute Gasteiger partial charge is 0.370 e. The van der Waals surface area contributed by atoms with Crippen LogP contribution in [-0.4, -0.2) is 54.9 Å². The van der Waals surface area contributed by atoms with E-state index in [4.69, 9.17) is 11.5 Å². The van der Waals surface area contributed by atoms with E-state index in [1.807, 2.05) is 0 Å². The topological polar surface area (TPSA) is 210 Å². The zero-order valence-electron chi connectivity index (χ0n) is 20.7. The van der Waals surface area contributed by atoms with Crippen LogP contribution in [0.25, 0.3) is 0 Å². The van der Waals surface area contributed by atoms with E-state index in [1.165, 1.54) is 40.7 Å². The Hall–Kier alpha value is -5.08. The number of carbonyl (C=O) groups excluding carboxylic acids is 3. The summed E-state index contributed by atoms with van der Waals surface area (Å²) in [7, 11) is 4.80. The maximum Gasteiger partial charge on any atom is 0.287 e. The molecule has 3 rings (SSSR count). The number of carbonyl (C=O) groups is 3. The molecule has 1 atom stereocenters. The Balaban J connectivity index is 1.66. The standard InChI is InChI=1S/C22H28N10O5/c1-12(26-22(23)24)8-25-19(33)16-5-13(9-29(16)2)27-20(34)17-6-14(10-30(17)3)28-21(35)18-7-15(32(36)37)11-31(18)4/h5-7,9-12H,8H2,1-4H3,(H,25,33)(H,27,34)(H,28,35)(H4,23,24,26). The first-order chi connectivity index (χ1) is 17.3. The van der Waals surface area contributed by atoms with E-state index < -0.39 is 16.7 Å². The van der Waals surface area contributed by atoms with Crippen LogP contribution in [0, 0.1) is 10.1 Å². The van der Waals surface area contributed by atoms with Gasteiger partial charge in [-0.3, -0.25) is 24.5 Å². The van der Waals surface area contributed by atoms with Gasteiger partial charge in [-0.2, -0.15) is 0 Å². The molecule has 15 heteroatoms. The predicted molar refractivity (Wildman–Crippen MR) is 136 cm³/mol. The SMILES string of the molecule is CC(CNC(=O)c1cc(NC(=O)c2cc(NC(=O)c3cc([N+](=O)[O-])cn3C)cn2C)cn1C)N=C(N)N. The predicted octanol–water partition coefficient (Wildman–Crippen LogP) is 0.507. The number of nitrogens with zero attached hydrogens (tertiary/aromatic N) is 5. The lowest BCUT2D eigenvalue weighted by atomic mass is 10.3. The van der Waals surface area contributed by atoms with Crippen LogP contribution < -0.4 is 27.4 Å². The van der Waals surface area contributed by atoms with Crippen molar-refractivity contribution in [3.05, 3.63) is 64.0 Å². The van der Waals surface area contributed by atoms with Crippen LogP contribution in [0.15, 0.2) is 41.8 Å². The Bertz CT molecular complexity index is 1390. The minimum Gasteiger partial charge on any atom is -0.370 e. The van der Waals surface area contributed by atoms with E-state index in [9.17, 15) is 24.5 Å². The minimum absolute atomic E-state index is 0.0713. The number of nitrogens with two attached hydrogens (primary N) is 2. The molecule has 3 amide bonds. The van der Waals surface area contributed by atoms with Crippen molar-refractivity contribution < 1.29 is 19.3 Å². The molecule has 1 unspecified atom stereocenters. The van der Waals surface area contributed by atoms with Crippen LogP contribution in [0.5, 0.6) is 0 Å². The number of hydrogen-bond acceptors (Lipinski definition) is 6. The third-order valence-electron chi connectivity index (χ3n) is 5.35. The molecule has 0 saturated carbocycles. The monoisotopic (exact) mass is 512 g/mol. The first-order valence-electron chi connectivity index (χ1n) is 11.0. The number of aryl methyl sites for hydroxylation is 3. The van der Waals surface area contributed by atoms with E-state index in [2.05, 4.69) is 20.9 Å². The van der Waals surface area contributed by atoms with Gasteiger partial charge in [0.15, 0.2) is 5.96 Å². The molecule has 0 aliphatic heterocycles. The van der Waals surface area contributed by atoms with E-state index in [1.54, 1.807) is 31.8 Å². The van der Waals surface area contributed by atoms with Gasteiger partial charge in [-0.25, -0.2) is 4.99 Å². The fourth-order valence-corrected chi connectivity index (χ4v) is 3.61. The summed E-state index contributed by atoms with van der Waals surface area (Å²) in [6, 6.07) is 3.84. The zero-order valence-corrected chi connectivity index (χ0v) is 20.7. The molecule has 3 aromatic rings. The Labute approximate surface area is 211 Å². The first kappa shape index (κ1) is 26.5. The van der Waals surface area contributed by atoms with Gasteiger partial charge in [-0.15, -0.1) is 0 Å². The highest BCUT2D eigenvalue weighted by molar-refractivity contribution is 6.07. The molecule has 7 N–H and O–H groups in total. The molecule has 37 heavy (non-hydrogen) atoms. The van der Waals surface area contributed by atoms with Crippen molar-refractivity contribution in [2.24, 2.45) is 37.6 Å². The average molecular weight is 513 g/mol. The van der Waals surface area contributed by atoms with Crippen molar-refractivity contribution in [2.45, 2.75) is 13.0 Å². The van der Waals surface area contributed by atoms with Gasteiger partial charge in [0.1, 0.15) is 17.1 Å². The summed E-state index contributed by atoms with van der Waals surface area (Å²) in [6.07, 6.45) is 4.35. The Kier molecular flexibility index (Phi) is 7.65. The van der Waals surface area contributed by atoms with Crippen molar-refractivity contribution in [2.75, 3.05) is 17.2 Å². The fraction of sp³-hybridized carbons (Fsp3) is 0.273. The summed E-state index contributed by atoms with van der Waals surface area (Å²) in [4.78, 5) is 52.3. The van der Waals surface area contributed by atoms with E-state index in [0.717, 1.165) is 6.07 Å². The summed E-state index contributed by atoms with van der Waals surface area (Å²) >= 11 is 0. The molecule has 0 fully saturated rings. The van der Waals surface area contributed by atoms with Crippen molar-refractivity contribution >= 4 is 40.7 Å². The lowest BCUT2D eigenvalue weighted by molar-refractivity contribution is -0.384. The zero-order chi connectivity index (χ0) is 27.4. The smallest absolute Gasteiger partial charge is 0.287 e. The van der Waals surface area contributed by atoms with Crippen molar-refractivity contribution in [3.63, 3.8) is 0 Å². The normalized spacial score (nSPS) is 11.5. The number of aliphatic imine (C=N–C) groups is 1. The van der Waals surface area contributed by atoms with Crippen LogP contribution in [0.3, 0.4) is 0 Å². The van der Waals surface area contributed by atoms with Gasteiger partial charge in [0.2, 0.25) is 0 Å². The van der Waals surface area contributed by atoms with Crippen LogP contribution in [0.2, 0.25) is 0 Å². The van der Waals surface area contributed by atoms with Crippen LogP contribution in [0.1, 0.15) is 38.4 Å². The molecule has 196 valence electrons. The summed E-state index contributed by atoms with van der Waals surface area (Å²) in [6.45, 7) is 1.97. The summed E-state index contributed by atoms with van der Waals surface area (Å²) in [5.41, 5.74) is 11.8. The highest BCUT2D eigenvalue weighted by Crippen LogP contribution is 2.20. The number of guanidine groups is 1. The van der Waals surface area contributed by atoms with E-state index >= 15 is 0 Å². The minimum atomic E-state index is -0.590. The highest BCUT2D eigenvalue weighted by Gasteiger charge is 2.20. The quantitative estimate of drug-likeness (QED) is 0.118. The second-order valence-corrected chi connectivity index (χ2v) is 8.42. The number of amides is 3. The molecule has 0 spiro atoms. The van der Waals surface area contributed by atoms with E-state index in [0.29, 0.717) is 17.1 Å². The molecular weight excluding hydrogens is 484 g/mol. The van der Waals surface area contributed by atoms with Gasteiger partial charge >= 0.3 is 0 Å². The van der Waals surface area contributed by atoms with Crippen LogP contribution in [0.4, 0.5) is 17.1 Å². The lowest BCUT2D eigenvalue weighted by Gasteiger charge is -2.09. The maximum absolute atomic E-state index is 12.9. The van der Waals surface area contributed by atoms with Gasteiger partial charge in [-0.05, 0) is 19.1 Å². The van der Waals surface area contributed by atoms with Gasteiger partial charge in [0.05, 0.1) is 28.5 Å². The van der Waals surface area contributed by atoms with Gasteiger partial charge in [0.25, 0.3) is 23.4 Å². The summed E-state index contributed by atoms with van der Waals surface area (Å²) < 4.78 is 4.42. The molecule has 0 bridgehead atoms. The van der Waals surface area contributed by atoms with Crippen LogP contribution >= 0.6 is 0 Å². The molecule has 0 aliphatic carbocycles. The molecule has 0 aromatic carbocycles. The number of nitrogens with one attached hydrogen (secondary N) is 3. The summed E-state index contributed by atoms with van der Waals surface area (Å²) in [5.74, 6) is -1.49. The second-order valence-electron chi connectivity index (χ2n) is 8.42. The molecule has 0 radical (unpaired) electrons.